The first kappa shape index (κ1) is 14.8. The standard InChI is InChI=1S/C15H23ClN2O/c1-11(14-5-3-4-6-15(14)16)18(2)10-13-8-7-12(9-17)19-13/h3-6,11-13H,7-10,17H2,1-2H3. The molecule has 1 aliphatic heterocycles. The minimum atomic E-state index is 0.244. The summed E-state index contributed by atoms with van der Waals surface area (Å²) in [5, 5.41) is 0.828. The molecule has 0 saturated carbocycles. The monoisotopic (exact) mass is 282 g/mol. The molecule has 1 saturated heterocycles. The molecule has 3 nitrogen and oxygen atoms in total. The van der Waals surface area contributed by atoms with Gasteiger partial charge in [0.05, 0.1) is 12.2 Å². The third-order valence-corrected chi connectivity index (χ3v) is 4.31. The highest BCUT2D eigenvalue weighted by Crippen LogP contribution is 2.28. The van der Waals surface area contributed by atoms with Gasteiger partial charge < -0.3 is 10.5 Å². The van der Waals surface area contributed by atoms with E-state index in [2.05, 4.69) is 24.9 Å². The van der Waals surface area contributed by atoms with Crippen LogP contribution < -0.4 is 5.73 Å². The number of benzene rings is 1. The number of hydrogen-bond acceptors (Lipinski definition) is 3. The minimum Gasteiger partial charge on any atom is -0.372 e. The molecule has 4 heteroatoms. The Morgan fingerprint density at radius 3 is 2.68 bits per heavy atom. The molecule has 1 heterocycles. The molecule has 106 valence electrons. The van der Waals surface area contributed by atoms with Crippen LogP contribution in [0.3, 0.4) is 0 Å². The van der Waals surface area contributed by atoms with Crippen LogP contribution in [0.25, 0.3) is 0 Å². The van der Waals surface area contributed by atoms with Gasteiger partial charge in [-0.3, -0.25) is 4.90 Å². The summed E-state index contributed by atoms with van der Waals surface area (Å²) in [5.74, 6) is 0. The molecule has 1 aromatic rings. The molecule has 0 aliphatic carbocycles. The summed E-state index contributed by atoms with van der Waals surface area (Å²) >= 11 is 6.25. The summed E-state index contributed by atoms with van der Waals surface area (Å²) < 4.78 is 5.90. The molecule has 2 N–H and O–H groups in total. The van der Waals surface area contributed by atoms with Crippen molar-refractivity contribution in [2.24, 2.45) is 5.73 Å². The van der Waals surface area contributed by atoms with Gasteiger partial charge in [-0.2, -0.15) is 0 Å². The molecule has 0 spiro atoms. The van der Waals surface area contributed by atoms with Crippen molar-refractivity contribution in [1.29, 1.82) is 0 Å². The Labute approximate surface area is 120 Å². The lowest BCUT2D eigenvalue weighted by atomic mass is 10.1. The second kappa shape index (κ2) is 6.71. The third-order valence-electron chi connectivity index (χ3n) is 3.97. The molecular weight excluding hydrogens is 260 g/mol. The second-order valence-corrected chi connectivity index (χ2v) is 5.74. The Kier molecular flexibility index (Phi) is 5.22. The average Bonchev–Trinajstić information content (AvgIpc) is 2.86. The average molecular weight is 283 g/mol. The Balaban J connectivity index is 1.93. The quantitative estimate of drug-likeness (QED) is 0.902. The fraction of sp³-hybridized carbons (Fsp3) is 0.600. The summed E-state index contributed by atoms with van der Waals surface area (Å²) in [6, 6.07) is 8.31. The first-order chi connectivity index (χ1) is 9.11. The van der Waals surface area contributed by atoms with Gasteiger partial charge in [0.15, 0.2) is 0 Å². The second-order valence-electron chi connectivity index (χ2n) is 5.33. The third kappa shape index (κ3) is 3.69. The van der Waals surface area contributed by atoms with E-state index in [4.69, 9.17) is 22.1 Å². The predicted molar refractivity (Wildman–Crippen MR) is 79.4 cm³/mol. The van der Waals surface area contributed by atoms with E-state index in [1.807, 2.05) is 18.2 Å². The van der Waals surface area contributed by atoms with E-state index in [0.29, 0.717) is 12.6 Å². The van der Waals surface area contributed by atoms with Gasteiger partial charge in [-0.1, -0.05) is 29.8 Å². The van der Waals surface area contributed by atoms with E-state index in [0.717, 1.165) is 24.4 Å². The van der Waals surface area contributed by atoms with Gasteiger partial charge in [0.25, 0.3) is 0 Å². The van der Waals surface area contributed by atoms with Crippen molar-refractivity contribution < 1.29 is 4.74 Å². The molecule has 19 heavy (non-hydrogen) atoms. The lowest BCUT2D eigenvalue weighted by Crippen LogP contribution is -2.32. The maximum Gasteiger partial charge on any atom is 0.0707 e. The van der Waals surface area contributed by atoms with Crippen LogP contribution in [0.15, 0.2) is 24.3 Å². The molecule has 1 aliphatic rings. The first-order valence-corrected chi connectivity index (χ1v) is 7.29. The molecule has 3 atom stereocenters. The minimum absolute atomic E-state index is 0.244. The highest BCUT2D eigenvalue weighted by Gasteiger charge is 2.26. The van der Waals surface area contributed by atoms with E-state index in [1.54, 1.807) is 0 Å². The van der Waals surface area contributed by atoms with E-state index >= 15 is 0 Å². The molecule has 1 fully saturated rings. The summed E-state index contributed by atoms with van der Waals surface area (Å²) in [6.45, 7) is 3.72. The number of nitrogens with two attached hydrogens (primary N) is 1. The van der Waals surface area contributed by atoms with E-state index in [1.165, 1.54) is 5.56 Å². The summed E-state index contributed by atoms with van der Waals surface area (Å²) in [5.41, 5.74) is 6.81. The van der Waals surface area contributed by atoms with E-state index in [9.17, 15) is 0 Å². The lowest BCUT2D eigenvalue weighted by molar-refractivity contribution is 0.0254. The number of likely N-dealkylation sites (N-methyl/N-ethyl adjacent to an activating group) is 1. The highest BCUT2D eigenvalue weighted by atomic mass is 35.5. The van der Waals surface area contributed by atoms with Crippen molar-refractivity contribution in [3.8, 4) is 0 Å². The number of hydrogen-bond donors (Lipinski definition) is 1. The summed E-state index contributed by atoms with van der Waals surface area (Å²) in [4.78, 5) is 2.30. The molecule has 0 bridgehead atoms. The normalized spacial score (nSPS) is 24.9. The zero-order valence-electron chi connectivity index (χ0n) is 11.7. The lowest BCUT2D eigenvalue weighted by Gasteiger charge is -2.28. The maximum absolute atomic E-state index is 6.25. The Hall–Kier alpha value is -0.610. The first-order valence-electron chi connectivity index (χ1n) is 6.92. The van der Waals surface area contributed by atoms with Gasteiger partial charge in [-0.15, -0.1) is 0 Å². The molecular formula is C15H23ClN2O. The zero-order chi connectivity index (χ0) is 13.8. The topological polar surface area (TPSA) is 38.5 Å². The van der Waals surface area contributed by atoms with Gasteiger partial charge in [-0.25, -0.2) is 0 Å². The van der Waals surface area contributed by atoms with Crippen LogP contribution >= 0.6 is 11.6 Å². The van der Waals surface area contributed by atoms with Crippen LogP contribution in [0.2, 0.25) is 5.02 Å². The number of halogens is 1. The number of rotatable bonds is 5. The van der Waals surface area contributed by atoms with Crippen LogP contribution in [0.1, 0.15) is 31.4 Å². The van der Waals surface area contributed by atoms with Gasteiger partial charge in [0.2, 0.25) is 0 Å². The van der Waals surface area contributed by atoms with Gasteiger partial charge in [0.1, 0.15) is 0 Å². The number of ether oxygens (including phenoxy) is 1. The van der Waals surface area contributed by atoms with Crippen molar-refractivity contribution in [2.75, 3.05) is 20.1 Å². The van der Waals surface area contributed by atoms with Gasteiger partial charge in [-0.05, 0) is 38.4 Å². The molecule has 0 aromatic heterocycles. The summed E-state index contributed by atoms with van der Waals surface area (Å²) in [6.07, 6.45) is 2.72. The highest BCUT2D eigenvalue weighted by molar-refractivity contribution is 6.31. The Morgan fingerprint density at radius 2 is 2.05 bits per heavy atom. The fourth-order valence-electron chi connectivity index (χ4n) is 2.62. The van der Waals surface area contributed by atoms with Crippen molar-refractivity contribution >= 4 is 11.6 Å². The molecule has 0 amide bonds. The molecule has 0 radical (unpaired) electrons. The Bertz CT molecular complexity index is 413. The summed E-state index contributed by atoms with van der Waals surface area (Å²) in [7, 11) is 2.12. The van der Waals surface area contributed by atoms with Crippen LogP contribution in [-0.4, -0.2) is 37.2 Å². The van der Waals surface area contributed by atoms with Crippen molar-refractivity contribution in [3.05, 3.63) is 34.9 Å². The largest absolute Gasteiger partial charge is 0.372 e. The van der Waals surface area contributed by atoms with Crippen LogP contribution in [0.5, 0.6) is 0 Å². The van der Waals surface area contributed by atoms with Crippen molar-refractivity contribution in [1.82, 2.24) is 4.90 Å². The zero-order valence-corrected chi connectivity index (χ0v) is 12.4. The van der Waals surface area contributed by atoms with Gasteiger partial charge in [0, 0.05) is 24.2 Å². The van der Waals surface area contributed by atoms with Crippen LogP contribution in [-0.2, 0) is 4.74 Å². The van der Waals surface area contributed by atoms with E-state index < -0.39 is 0 Å². The van der Waals surface area contributed by atoms with E-state index in [-0.39, 0.29) is 12.1 Å². The predicted octanol–water partition coefficient (Wildman–Crippen LogP) is 2.84. The number of nitrogens with zero attached hydrogens (tertiary/aromatic N) is 1. The SMILES string of the molecule is CC(c1ccccc1Cl)N(C)CC1CCC(CN)O1. The van der Waals surface area contributed by atoms with Crippen LogP contribution in [0.4, 0.5) is 0 Å². The van der Waals surface area contributed by atoms with Gasteiger partial charge >= 0.3 is 0 Å². The fourth-order valence-corrected chi connectivity index (χ4v) is 2.91. The maximum atomic E-state index is 6.25. The van der Waals surface area contributed by atoms with Crippen molar-refractivity contribution in [2.45, 2.75) is 38.0 Å². The van der Waals surface area contributed by atoms with Crippen LogP contribution in [0, 0.1) is 0 Å². The molecule has 2 rings (SSSR count). The molecule has 1 aromatic carbocycles. The smallest absolute Gasteiger partial charge is 0.0707 e. The van der Waals surface area contributed by atoms with Crippen molar-refractivity contribution in [3.63, 3.8) is 0 Å². The Morgan fingerprint density at radius 1 is 1.37 bits per heavy atom. The molecule has 3 unspecified atom stereocenters.